The van der Waals surface area contributed by atoms with Crippen LogP contribution >= 0.6 is 12.4 Å². The summed E-state index contributed by atoms with van der Waals surface area (Å²) in [6, 6.07) is 29.8. The number of rotatable bonds is 8. The minimum absolute atomic E-state index is 0. The number of carbonyl (C=O) groups is 1. The van der Waals surface area contributed by atoms with Gasteiger partial charge in [0, 0.05) is 12.0 Å². The first-order chi connectivity index (χ1) is 17.5. The summed E-state index contributed by atoms with van der Waals surface area (Å²) in [6.45, 7) is 5.35. The van der Waals surface area contributed by atoms with E-state index in [1.807, 2.05) is 12.1 Å². The molecule has 5 rings (SSSR count). The summed E-state index contributed by atoms with van der Waals surface area (Å²) in [5.41, 5.74) is 6.84. The largest absolute Gasteiger partial charge is 0.478 e. The number of carboxylic acids is 1. The third kappa shape index (κ3) is 5.89. The van der Waals surface area contributed by atoms with E-state index in [4.69, 9.17) is 0 Å². The average Bonchev–Trinajstić information content (AvgIpc) is 2.90. The monoisotopic (exact) mass is 513 g/mol. The molecule has 2 unspecified atom stereocenters. The molecule has 2 N–H and O–H groups in total. The summed E-state index contributed by atoms with van der Waals surface area (Å²) in [5, 5.41) is 15.9. The van der Waals surface area contributed by atoms with Gasteiger partial charge in [-0.2, -0.15) is 0 Å². The molecule has 1 aliphatic rings. The normalized spacial score (nSPS) is 17.6. The molecule has 0 aliphatic heterocycles. The molecule has 0 saturated carbocycles. The van der Waals surface area contributed by atoms with Crippen molar-refractivity contribution >= 4 is 29.1 Å². The minimum atomic E-state index is -0.858. The molecule has 3 nitrogen and oxygen atoms in total. The Morgan fingerprint density at radius 2 is 1.73 bits per heavy atom. The quantitative estimate of drug-likeness (QED) is 0.234. The van der Waals surface area contributed by atoms with E-state index in [1.54, 1.807) is 6.07 Å². The Hall–Kier alpha value is -3.14. The van der Waals surface area contributed by atoms with Crippen molar-refractivity contribution in [1.82, 2.24) is 5.32 Å². The number of halogens is 1. The molecule has 0 saturated heterocycles. The van der Waals surface area contributed by atoms with Crippen molar-refractivity contribution in [3.05, 3.63) is 118 Å². The highest BCUT2D eigenvalue weighted by Gasteiger charge is 2.29. The molecule has 0 fully saturated rings. The summed E-state index contributed by atoms with van der Waals surface area (Å²) in [7, 11) is 0. The van der Waals surface area contributed by atoms with Crippen molar-refractivity contribution in [2.75, 3.05) is 6.54 Å². The minimum Gasteiger partial charge on any atom is -0.478 e. The van der Waals surface area contributed by atoms with Gasteiger partial charge in [0.1, 0.15) is 0 Å². The molecule has 0 spiro atoms. The molecule has 192 valence electrons. The first-order valence-corrected chi connectivity index (χ1v) is 13.1. The van der Waals surface area contributed by atoms with Gasteiger partial charge in [0.05, 0.1) is 5.56 Å². The molecular formula is C33H36ClNO2. The summed E-state index contributed by atoms with van der Waals surface area (Å²) < 4.78 is 0. The van der Waals surface area contributed by atoms with Crippen LogP contribution in [0.5, 0.6) is 0 Å². The average molecular weight is 514 g/mol. The lowest BCUT2D eigenvalue weighted by atomic mass is 9.71. The van der Waals surface area contributed by atoms with Crippen LogP contribution in [0.1, 0.15) is 76.3 Å². The van der Waals surface area contributed by atoms with E-state index >= 15 is 0 Å². The van der Waals surface area contributed by atoms with Crippen LogP contribution in [-0.4, -0.2) is 17.6 Å². The molecule has 3 atom stereocenters. The summed E-state index contributed by atoms with van der Waals surface area (Å²) in [5.74, 6) is -0.0162. The van der Waals surface area contributed by atoms with Gasteiger partial charge in [0.15, 0.2) is 0 Å². The number of hydrogen-bond acceptors (Lipinski definition) is 2. The van der Waals surface area contributed by atoms with E-state index in [1.165, 1.54) is 33.0 Å². The van der Waals surface area contributed by atoms with Crippen molar-refractivity contribution in [1.29, 1.82) is 0 Å². The van der Waals surface area contributed by atoms with Gasteiger partial charge in [-0.1, -0.05) is 72.8 Å². The van der Waals surface area contributed by atoms with Gasteiger partial charge in [0.25, 0.3) is 0 Å². The fourth-order valence-electron chi connectivity index (χ4n) is 6.03. The molecule has 4 aromatic rings. The van der Waals surface area contributed by atoms with E-state index in [2.05, 4.69) is 85.9 Å². The Balaban J connectivity index is 0.00000320. The zero-order chi connectivity index (χ0) is 25.1. The van der Waals surface area contributed by atoms with E-state index in [-0.39, 0.29) is 18.3 Å². The maximum Gasteiger partial charge on any atom is 0.335 e. The van der Waals surface area contributed by atoms with Crippen molar-refractivity contribution in [3.8, 4) is 0 Å². The number of carboxylic acid groups (broad SMARTS) is 1. The molecule has 0 bridgehead atoms. The van der Waals surface area contributed by atoms with E-state index in [9.17, 15) is 9.90 Å². The van der Waals surface area contributed by atoms with E-state index < -0.39 is 5.97 Å². The van der Waals surface area contributed by atoms with Gasteiger partial charge in [0.2, 0.25) is 0 Å². The number of aryl methyl sites for hydroxylation is 1. The first kappa shape index (κ1) is 26.9. The van der Waals surface area contributed by atoms with Gasteiger partial charge < -0.3 is 10.4 Å². The van der Waals surface area contributed by atoms with Crippen LogP contribution in [0.2, 0.25) is 0 Å². The van der Waals surface area contributed by atoms with Crippen LogP contribution in [0.25, 0.3) is 10.8 Å². The summed E-state index contributed by atoms with van der Waals surface area (Å²) >= 11 is 0. The fourth-order valence-corrected chi connectivity index (χ4v) is 6.03. The maximum atomic E-state index is 11.7. The van der Waals surface area contributed by atoms with Crippen LogP contribution in [0.3, 0.4) is 0 Å². The SMILES string of the molecule is Cc1ccc(C(=O)O)cc1C1CC(CCCN[C@H](C)c2cccc3ccccc23)Cc2ccccc21.Cl. The van der Waals surface area contributed by atoms with Crippen LogP contribution in [0.15, 0.2) is 84.9 Å². The Morgan fingerprint density at radius 1 is 0.973 bits per heavy atom. The highest BCUT2D eigenvalue weighted by Crippen LogP contribution is 2.42. The smallest absolute Gasteiger partial charge is 0.335 e. The fraction of sp³-hybridized carbons (Fsp3) is 0.303. The van der Waals surface area contributed by atoms with Crippen molar-refractivity contribution in [2.24, 2.45) is 5.92 Å². The van der Waals surface area contributed by atoms with Crippen molar-refractivity contribution < 1.29 is 9.90 Å². The van der Waals surface area contributed by atoms with Gasteiger partial charge in [-0.25, -0.2) is 4.79 Å². The molecule has 4 aromatic carbocycles. The zero-order valence-electron chi connectivity index (χ0n) is 21.6. The van der Waals surface area contributed by atoms with E-state index in [0.717, 1.165) is 37.8 Å². The van der Waals surface area contributed by atoms with E-state index in [0.29, 0.717) is 17.5 Å². The Kier molecular flexibility index (Phi) is 8.68. The third-order valence-corrected chi connectivity index (χ3v) is 7.94. The van der Waals surface area contributed by atoms with Crippen molar-refractivity contribution in [3.63, 3.8) is 0 Å². The van der Waals surface area contributed by atoms with Gasteiger partial charge in [-0.05, 0) is 103 Å². The second-order valence-electron chi connectivity index (χ2n) is 10.3. The lowest BCUT2D eigenvalue weighted by Crippen LogP contribution is -2.23. The zero-order valence-corrected chi connectivity index (χ0v) is 22.4. The topological polar surface area (TPSA) is 49.3 Å². The number of fused-ring (bicyclic) bond motifs is 2. The molecule has 0 aromatic heterocycles. The van der Waals surface area contributed by atoms with Gasteiger partial charge in [-0.15, -0.1) is 12.4 Å². The predicted molar refractivity (Wildman–Crippen MR) is 155 cm³/mol. The Labute approximate surface area is 226 Å². The lowest BCUT2D eigenvalue weighted by molar-refractivity contribution is 0.0696. The second-order valence-corrected chi connectivity index (χ2v) is 10.3. The van der Waals surface area contributed by atoms with Crippen LogP contribution < -0.4 is 5.32 Å². The predicted octanol–water partition coefficient (Wildman–Crippen LogP) is 8.09. The highest BCUT2D eigenvalue weighted by atomic mass is 35.5. The Bertz CT molecular complexity index is 1380. The molecule has 0 amide bonds. The summed E-state index contributed by atoms with van der Waals surface area (Å²) in [6.07, 6.45) is 4.46. The molecule has 37 heavy (non-hydrogen) atoms. The molecule has 0 radical (unpaired) electrons. The molecule has 1 aliphatic carbocycles. The van der Waals surface area contributed by atoms with Gasteiger partial charge >= 0.3 is 5.97 Å². The summed E-state index contributed by atoms with van der Waals surface area (Å²) in [4.78, 5) is 11.7. The standard InChI is InChI=1S/C33H35NO2.ClH/c1-22-16-17-27(33(35)36)21-31(22)32-20-24(19-26-11-4-6-14-30(26)32)9-8-18-34-23(2)28-15-7-12-25-10-3-5-13-29(25)28;/h3-7,10-17,21,23-24,32,34H,8-9,18-20H2,1-2H3,(H,35,36);1H/t23-,24?,32?;/m1./s1. The molecule has 0 heterocycles. The van der Waals surface area contributed by atoms with Crippen LogP contribution in [0, 0.1) is 12.8 Å². The molecular weight excluding hydrogens is 478 g/mol. The lowest BCUT2D eigenvalue weighted by Gasteiger charge is -2.33. The maximum absolute atomic E-state index is 11.7. The number of aromatic carboxylic acids is 1. The molecule has 4 heteroatoms. The van der Waals surface area contributed by atoms with Crippen LogP contribution in [-0.2, 0) is 6.42 Å². The second kappa shape index (κ2) is 11.9. The number of hydrogen-bond donors (Lipinski definition) is 2. The third-order valence-electron chi connectivity index (χ3n) is 7.94. The number of benzene rings is 4. The number of nitrogens with one attached hydrogen (secondary N) is 1. The van der Waals surface area contributed by atoms with Crippen molar-refractivity contribution in [2.45, 2.75) is 51.5 Å². The van der Waals surface area contributed by atoms with Crippen LogP contribution in [0.4, 0.5) is 0 Å². The highest BCUT2D eigenvalue weighted by molar-refractivity contribution is 5.88. The van der Waals surface area contributed by atoms with Gasteiger partial charge in [-0.3, -0.25) is 0 Å². The first-order valence-electron chi connectivity index (χ1n) is 13.1. The Morgan fingerprint density at radius 3 is 2.57 bits per heavy atom.